The fourth-order valence-corrected chi connectivity index (χ4v) is 9.87. The molecule has 0 radical (unpaired) electrons. The summed E-state index contributed by atoms with van der Waals surface area (Å²) in [4.78, 5) is 95.7. The maximum Gasteiger partial charge on any atom is 0.318 e. The van der Waals surface area contributed by atoms with Crippen LogP contribution in [0.3, 0.4) is 0 Å². The normalized spacial score (nSPS) is 20.1. The highest BCUT2D eigenvalue weighted by Crippen LogP contribution is 2.35. The van der Waals surface area contributed by atoms with Gasteiger partial charge in [0.05, 0.1) is 30.8 Å². The number of nitrogens with one attached hydrogen (secondary N) is 5. The Bertz CT molecular complexity index is 2660. The number of rotatable bonds is 15. The van der Waals surface area contributed by atoms with Crippen molar-refractivity contribution in [2.75, 3.05) is 51.7 Å². The number of carboxylic acids is 1. The molecule has 2 aliphatic rings. The topological polar surface area (TPSA) is 272 Å². The number of carbonyl (C=O) groups excluding carboxylic acids is 6. The number of nitrogens with zero attached hydrogens (tertiary/aromatic N) is 1. The monoisotopic (exact) mass is 991 g/mol. The van der Waals surface area contributed by atoms with E-state index in [9.17, 15) is 42.0 Å². The SMILES string of the molecule is NCCOCCNC(=O)[C@@H]1CCNC(=O)/C=C/C(=O)N2CCC[C@](Cc3ccccc3)(C2)C(=O)N[C@@H](Cc2ccc(-c3ccc(CS(=O)(=O)CC(=O)O)cc3)cc2)C(=O)NCc2ccccc2CC(=O)N1. The molecular formula is C52H61N7O11S. The van der Waals surface area contributed by atoms with E-state index < -0.39 is 80.3 Å². The summed E-state index contributed by atoms with van der Waals surface area (Å²) in [6, 6.07) is 28.3. The van der Waals surface area contributed by atoms with Crippen molar-refractivity contribution in [3.05, 3.63) is 143 Å². The van der Waals surface area contributed by atoms with Gasteiger partial charge in [0.2, 0.25) is 35.4 Å². The summed E-state index contributed by atoms with van der Waals surface area (Å²) in [6.07, 6.45) is 3.31. The molecule has 0 unspecified atom stereocenters. The van der Waals surface area contributed by atoms with Crippen molar-refractivity contribution in [2.45, 2.75) is 62.9 Å². The van der Waals surface area contributed by atoms with Gasteiger partial charge in [0.25, 0.3) is 0 Å². The highest BCUT2D eigenvalue weighted by molar-refractivity contribution is 7.91. The van der Waals surface area contributed by atoms with Crippen molar-refractivity contribution < 1.29 is 51.8 Å². The van der Waals surface area contributed by atoms with Crippen LogP contribution < -0.4 is 32.3 Å². The largest absolute Gasteiger partial charge is 0.480 e. The molecule has 2 heterocycles. The van der Waals surface area contributed by atoms with Gasteiger partial charge in [-0.1, -0.05) is 103 Å². The predicted octanol–water partition coefficient (Wildman–Crippen LogP) is 1.74. The van der Waals surface area contributed by atoms with E-state index in [1.54, 1.807) is 48.5 Å². The van der Waals surface area contributed by atoms with Gasteiger partial charge >= 0.3 is 5.97 Å². The van der Waals surface area contributed by atoms with Gasteiger partial charge in [-0.3, -0.25) is 33.6 Å². The summed E-state index contributed by atoms with van der Waals surface area (Å²) in [5, 5.41) is 23.2. The number of ether oxygens (including phenoxy) is 1. The Kier molecular flexibility index (Phi) is 19.1. The third-order valence-corrected chi connectivity index (χ3v) is 13.7. The molecule has 19 heteroatoms. The molecular weight excluding hydrogens is 931 g/mol. The highest BCUT2D eigenvalue weighted by atomic mass is 32.2. The summed E-state index contributed by atoms with van der Waals surface area (Å²) in [5.41, 5.74) is 9.07. The van der Waals surface area contributed by atoms with Crippen molar-refractivity contribution in [3.63, 3.8) is 0 Å². The van der Waals surface area contributed by atoms with Crippen LogP contribution in [0.15, 0.2) is 115 Å². The number of nitrogens with two attached hydrogens (primary N) is 1. The molecule has 0 aromatic heterocycles. The van der Waals surface area contributed by atoms with E-state index in [0.29, 0.717) is 54.8 Å². The second-order valence-corrected chi connectivity index (χ2v) is 19.8. The van der Waals surface area contributed by atoms with Crippen LogP contribution in [0.4, 0.5) is 0 Å². The summed E-state index contributed by atoms with van der Waals surface area (Å²) < 4.78 is 29.9. The van der Waals surface area contributed by atoms with Crippen molar-refractivity contribution in [2.24, 2.45) is 11.1 Å². The minimum absolute atomic E-state index is 0.00691. The molecule has 2 aliphatic heterocycles. The number of fused-ring (bicyclic) bond motifs is 3. The number of carbonyl (C=O) groups is 7. The Balaban J connectivity index is 1.29. The molecule has 376 valence electrons. The zero-order valence-electron chi connectivity index (χ0n) is 39.4. The van der Waals surface area contributed by atoms with E-state index in [1.807, 2.05) is 54.6 Å². The molecule has 3 atom stereocenters. The quantitative estimate of drug-likeness (QED) is 0.0840. The number of amides is 6. The highest BCUT2D eigenvalue weighted by Gasteiger charge is 2.44. The lowest BCUT2D eigenvalue weighted by Crippen LogP contribution is -2.58. The number of carboxylic acid groups (broad SMARTS) is 1. The summed E-state index contributed by atoms with van der Waals surface area (Å²) in [6.45, 7) is 1.30. The average molecular weight is 992 g/mol. The first kappa shape index (κ1) is 53.1. The maximum absolute atomic E-state index is 15.0. The van der Waals surface area contributed by atoms with E-state index in [2.05, 4.69) is 26.6 Å². The molecule has 8 N–H and O–H groups in total. The number of hydrogen-bond donors (Lipinski definition) is 7. The average Bonchev–Trinajstić information content (AvgIpc) is 3.34. The molecule has 0 spiro atoms. The number of aliphatic carboxylic acids is 1. The second kappa shape index (κ2) is 25.6. The zero-order chi connectivity index (χ0) is 50.8. The van der Waals surface area contributed by atoms with E-state index in [-0.39, 0.29) is 58.5 Å². The molecule has 4 aromatic carbocycles. The van der Waals surface area contributed by atoms with Crippen molar-refractivity contribution in [3.8, 4) is 11.1 Å². The molecule has 4 aromatic rings. The molecule has 0 aliphatic carbocycles. The first-order chi connectivity index (χ1) is 34.1. The maximum atomic E-state index is 15.0. The Labute approximate surface area is 413 Å². The summed E-state index contributed by atoms with van der Waals surface area (Å²) in [5.74, 6) is -5.79. The van der Waals surface area contributed by atoms with Gasteiger partial charge in [0.15, 0.2) is 9.84 Å². The van der Waals surface area contributed by atoms with E-state index in [1.165, 1.54) is 4.90 Å². The minimum atomic E-state index is -3.85. The standard InChI is InChI=1S/C52H61N7O11S/c53-23-27-70-28-25-55-49(65)43-21-24-54-45(60)19-20-47(62)59-26-6-22-52(35-59,31-37-7-2-1-3-8-37)51(67)58-44(50(66)56-32-42-10-5-4-9-41(42)30-46(61)57-43)29-36-11-15-39(16-12-36)40-17-13-38(14-18-40)33-71(68,69)34-48(63)64/h1-5,7-20,43-44H,6,21-35,53H2,(H,54,60)(H,55,65)(H,56,66)(H,57,61)(H,58,67)(H,63,64)/b20-19+/t43-,44-,52-/m0/s1. The minimum Gasteiger partial charge on any atom is -0.480 e. The van der Waals surface area contributed by atoms with E-state index in [0.717, 1.165) is 28.8 Å². The molecule has 18 nitrogen and oxygen atoms in total. The molecule has 6 rings (SSSR count). The molecule has 71 heavy (non-hydrogen) atoms. The van der Waals surface area contributed by atoms with Gasteiger partial charge in [0.1, 0.15) is 17.8 Å². The molecule has 1 saturated heterocycles. The first-order valence-corrected chi connectivity index (χ1v) is 25.3. The fourth-order valence-electron chi connectivity index (χ4n) is 8.69. The van der Waals surface area contributed by atoms with Gasteiger partial charge in [-0.2, -0.15) is 0 Å². The van der Waals surface area contributed by atoms with Crippen molar-refractivity contribution in [1.29, 1.82) is 0 Å². The van der Waals surface area contributed by atoms with Gasteiger partial charge < -0.3 is 47.1 Å². The Hall–Kier alpha value is -7.22. The molecule has 1 fully saturated rings. The lowest BCUT2D eigenvalue weighted by Gasteiger charge is -2.42. The van der Waals surface area contributed by atoms with Crippen LogP contribution in [0.5, 0.6) is 0 Å². The molecule has 0 saturated carbocycles. The number of hydrogen-bond acceptors (Lipinski definition) is 11. The van der Waals surface area contributed by atoms with Gasteiger partial charge in [0, 0.05) is 57.8 Å². The van der Waals surface area contributed by atoms with Crippen LogP contribution in [-0.2, 0) is 79.7 Å². The zero-order valence-corrected chi connectivity index (χ0v) is 40.2. The third kappa shape index (κ3) is 16.2. The number of piperidine rings is 1. The van der Waals surface area contributed by atoms with Crippen LogP contribution in [0, 0.1) is 5.41 Å². The lowest BCUT2D eigenvalue weighted by molar-refractivity contribution is -0.141. The van der Waals surface area contributed by atoms with E-state index >= 15 is 0 Å². The Morgan fingerprint density at radius 3 is 2.17 bits per heavy atom. The smallest absolute Gasteiger partial charge is 0.318 e. The molecule has 6 amide bonds. The second-order valence-electron chi connectivity index (χ2n) is 17.7. The van der Waals surface area contributed by atoms with Crippen molar-refractivity contribution in [1.82, 2.24) is 31.5 Å². The van der Waals surface area contributed by atoms with Gasteiger partial charge in [-0.05, 0) is 64.6 Å². The number of benzene rings is 4. The fraction of sp³-hybridized carbons (Fsp3) is 0.365. The van der Waals surface area contributed by atoms with Crippen LogP contribution in [-0.4, -0.2) is 124 Å². The van der Waals surface area contributed by atoms with Crippen LogP contribution in [0.1, 0.15) is 47.1 Å². The van der Waals surface area contributed by atoms with Gasteiger partial charge in [-0.25, -0.2) is 8.42 Å². The predicted molar refractivity (Wildman–Crippen MR) is 265 cm³/mol. The van der Waals surface area contributed by atoms with Crippen molar-refractivity contribution >= 4 is 51.2 Å². The van der Waals surface area contributed by atoms with E-state index in [4.69, 9.17) is 15.6 Å². The van der Waals surface area contributed by atoms with Crippen LogP contribution >= 0.6 is 0 Å². The summed E-state index contributed by atoms with van der Waals surface area (Å²) >= 11 is 0. The Morgan fingerprint density at radius 1 is 0.803 bits per heavy atom. The Morgan fingerprint density at radius 2 is 1.48 bits per heavy atom. The lowest BCUT2D eigenvalue weighted by atomic mass is 9.74. The summed E-state index contributed by atoms with van der Waals surface area (Å²) in [7, 11) is -3.85. The van der Waals surface area contributed by atoms with Crippen LogP contribution in [0.25, 0.3) is 11.1 Å². The number of sulfone groups is 1. The van der Waals surface area contributed by atoms with Gasteiger partial charge in [-0.15, -0.1) is 0 Å². The first-order valence-electron chi connectivity index (χ1n) is 23.5. The molecule has 2 bridgehead atoms. The third-order valence-electron chi connectivity index (χ3n) is 12.3. The van der Waals surface area contributed by atoms with Crippen LogP contribution in [0.2, 0.25) is 0 Å².